The lowest BCUT2D eigenvalue weighted by Gasteiger charge is -2.07. The molecule has 0 saturated carbocycles. The quantitative estimate of drug-likeness (QED) is 0.479. The van der Waals surface area contributed by atoms with Crippen LogP contribution in [0.4, 0.5) is 0 Å². The summed E-state index contributed by atoms with van der Waals surface area (Å²) < 4.78 is 25.2. The standard InChI is InChI=1S/C6H13O4P/c1-4-10-5-6-11(7,8-2)9-3/h5-6H,4H2,1-3H3/b6-5+. The molecule has 0 aromatic rings. The Labute approximate surface area is 66.7 Å². The van der Waals surface area contributed by atoms with Crippen LogP contribution in [0.2, 0.25) is 0 Å². The molecule has 4 nitrogen and oxygen atoms in total. The second-order valence-corrected chi connectivity index (χ2v) is 3.75. The fourth-order valence-corrected chi connectivity index (χ4v) is 1.04. The van der Waals surface area contributed by atoms with Gasteiger partial charge in [-0.3, -0.25) is 4.57 Å². The van der Waals surface area contributed by atoms with Crippen molar-refractivity contribution < 1.29 is 18.3 Å². The van der Waals surface area contributed by atoms with Gasteiger partial charge in [-0.25, -0.2) is 0 Å². The molecule has 0 N–H and O–H groups in total. The van der Waals surface area contributed by atoms with E-state index in [-0.39, 0.29) is 0 Å². The van der Waals surface area contributed by atoms with Crippen LogP contribution >= 0.6 is 7.60 Å². The number of hydrogen-bond acceptors (Lipinski definition) is 4. The Morgan fingerprint density at radius 3 is 2.27 bits per heavy atom. The van der Waals surface area contributed by atoms with E-state index in [1.807, 2.05) is 6.92 Å². The zero-order valence-electron chi connectivity index (χ0n) is 6.94. The molecule has 0 aliphatic rings. The summed E-state index contributed by atoms with van der Waals surface area (Å²) >= 11 is 0. The highest BCUT2D eigenvalue weighted by Gasteiger charge is 2.15. The average molecular weight is 180 g/mol. The third-order valence-electron chi connectivity index (χ3n) is 1.02. The van der Waals surface area contributed by atoms with E-state index in [0.29, 0.717) is 6.61 Å². The number of ether oxygens (including phenoxy) is 1. The summed E-state index contributed by atoms with van der Waals surface area (Å²) in [5.74, 6) is 1.27. The van der Waals surface area contributed by atoms with Gasteiger partial charge in [0.1, 0.15) is 0 Å². The van der Waals surface area contributed by atoms with Crippen LogP contribution in [0, 0.1) is 0 Å². The van der Waals surface area contributed by atoms with Crippen LogP contribution in [0.3, 0.4) is 0 Å². The fraction of sp³-hybridized carbons (Fsp3) is 0.667. The smallest absolute Gasteiger partial charge is 0.356 e. The molecule has 0 heterocycles. The van der Waals surface area contributed by atoms with Gasteiger partial charge in [0.15, 0.2) is 0 Å². The van der Waals surface area contributed by atoms with Gasteiger partial charge >= 0.3 is 7.60 Å². The molecule has 0 bridgehead atoms. The zero-order valence-corrected chi connectivity index (χ0v) is 7.84. The van der Waals surface area contributed by atoms with E-state index in [9.17, 15) is 4.57 Å². The zero-order chi connectivity index (χ0) is 8.74. The molecule has 0 amide bonds. The maximum Gasteiger partial charge on any atom is 0.356 e. The summed E-state index contributed by atoms with van der Waals surface area (Å²) in [6, 6.07) is 0. The molecule has 0 aliphatic carbocycles. The van der Waals surface area contributed by atoms with E-state index in [0.717, 1.165) is 0 Å². The predicted molar refractivity (Wildman–Crippen MR) is 42.4 cm³/mol. The van der Waals surface area contributed by atoms with Crippen LogP contribution in [0.1, 0.15) is 6.92 Å². The fourth-order valence-electron chi connectivity index (χ4n) is 0.410. The first-order valence-corrected chi connectivity index (χ1v) is 4.80. The molecule has 0 fully saturated rings. The van der Waals surface area contributed by atoms with Gasteiger partial charge < -0.3 is 13.8 Å². The van der Waals surface area contributed by atoms with Crippen LogP contribution in [-0.2, 0) is 18.3 Å². The second kappa shape index (κ2) is 5.35. The van der Waals surface area contributed by atoms with Gasteiger partial charge in [0.05, 0.1) is 18.7 Å². The van der Waals surface area contributed by atoms with Crippen molar-refractivity contribution >= 4 is 7.60 Å². The molecule has 66 valence electrons. The minimum absolute atomic E-state index is 0.532. The molecular weight excluding hydrogens is 167 g/mol. The average Bonchev–Trinajstić information content (AvgIpc) is 2.05. The minimum Gasteiger partial charge on any atom is -0.501 e. The molecule has 5 heteroatoms. The number of hydrogen-bond donors (Lipinski definition) is 0. The first-order chi connectivity index (χ1) is 5.18. The molecule has 0 saturated heterocycles. The Balaban J connectivity index is 3.97. The highest BCUT2D eigenvalue weighted by atomic mass is 31.2. The van der Waals surface area contributed by atoms with Crippen molar-refractivity contribution in [2.75, 3.05) is 20.8 Å². The number of rotatable bonds is 5. The van der Waals surface area contributed by atoms with Gasteiger partial charge in [0.25, 0.3) is 0 Å². The highest BCUT2D eigenvalue weighted by molar-refractivity contribution is 7.57. The maximum absolute atomic E-state index is 11.2. The lowest BCUT2D eigenvalue weighted by Crippen LogP contribution is -1.84. The van der Waals surface area contributed by atoms with Crippen molar-refractivity contribution in [1.82, 2.24) is 0 Å². The van der Waals surface area contributed by atoms with Crippen molar-refractivity contribution in [2.24, 2.45) is 0 Å². The topological polar surface area (TPSA) is 44.8 Å². The minimum atomic E-state index is -3.02. The third-order valence-corrected chi connectivity index (χ3v) is 2.52. The molecule has 0 aromatic carbocycles. The van der Waals surface area contributed by atoms with Crippen molar-refractivity contribution in [3.05, 3.63) is 12.1 Å². The van der Waals surface area contributed by atoms with Gasteiger partial charge in [-0.1, -0.05) is 0 Å². The summed E-state index contributed by atoms with van der Waals surface area (Å²) in [7, 11) is -0.376. The van der Waals surface area contributed by atoms with E-state index in [4.69, 9.17) is 4.74 Å². The molecule has 0 unspecified atom stereocenters. The van der Waals surface area contributed by atoms with Gasteiger partial charge in [-0.15, -0.1) is 0 Å². The van der Waals surface area contributed by atoms with Gasteiger partial charge in [0.2, 0.25) is 0 Å². The first-order valence-electron chi connectivity index (χ1n) is 3.19. The monoisotopic (exact) mass is 180 g/mol. The van der Waals surface area contributed by atoms with Gasteiger partial charge in [0, 0.05) is 14.2 Å². The van der Waals surface area contributed by atoms with Crippen molar-refractivity contribution in [3.8, 4) is 0 Å². The third kappa shape index (κ3) is 4.19. The van der Waals surface area contributed by atoms with E-state index < -0.39 is 7.60 Å². The van der Waals surface area contributed by atoms with Crippen LogP contribution in [0.25, 0.3) is 0 Å². The van der Waals surface area contributed by atoms with Crippen LogP contribution < -0.4 is 0 Å². The Kier molecular flexibility index (Phi) is 5.20. The summed E-state index contributed by atoms with van der Waals surface area (Å²) in [6.45, 7) is 2.36. The SMILES string of the molecule is CCO/C=C/P(=O)(OC)OC. The van der Waals surface area contributed by atoms with Crippen molar-refractivity contribution in [2.45, 2.75) is 6.92 Å². The maximum atomic E-state index is 11.2. The summed E-state index contributed by atoms with van der Waals surface area (Å²) in [5, 5.41) is 0. The molecule has 0 atom stereocenters. The summed E-state index contributed by atoms with van der Waals surface area (Å²) in [4.78, 5) is 0. The van der Waals surface area contributed by atoms with E-state index in [1.54, 1.807) is 0 Å². The van der Waals surface area contributed by atoms with E-state index >= 15 is 0 Å². The summed E-state index contributed by atoms with van der Waals surface area (Å²) in [6.07, 6.45) is 1.31. The molecule has 0 aliphatic heterocycles. The van der Waals surface area contributed by atoms with E-state index in [1.165, 1.54) is 26.3 Å². The Morgan fingerprint density at radius 1 is 1.36 bits per heavy atom. The van der Waals surface area contributed by atoms with Crippen molar-refractivity contribution in [3.63, 3.8) is 0 Å². The Morgan fingerprint density at radius 2 is 1.91 bits per heavy atom. The van der Waals surface area contributed by atoms with Gasteiger partial charge in [-0.2, -0.15) is 0 Å². The molecule has 0 radical (unpaired) electrons. The first kappa shape index (κ1) is 10.7. The highest BCUT2D eigenvalue weighted by Crippen LogP contribution is 2.47. The molecule has 0 aromatic heterocycles. The van der Waals surface area contributed by atoms with Gasteiger partial charge in [-0.05, 0) is 6.92 Å². The van der Waals surface area contributed by atoms with Crippen LogP contribution in [0.5, 0.6) is 0 Å². The largest absolute Gasteiger partial charge is 0.501 e. The Bertz CT molecular complexity index is 158. The molecule has 0 spiro atoms. The molecule has 11 heavy (non-hydrogen) atoms. The molecule has 0 rings (SSSR count). The lowest BCUT2D eigenvalue weighted by molar-refractivity contribution is 0.263. The summed E-state index contributed by atoms with van der Waals surface area (Å²) in [5.41, 5.74) is 0. The van der Waals surface area contributed by atoms with E-state index in [2.05, 4.69) is 9.05 Å². The van der Waals surface area contributed by atoms with Crippen LogP contribution in [0.15, 0.2) is 12.1 Å². The predicted octanol–water partition coefficient (Wildman–Crippen LogP) is 1.98. The normalized spacial score (nSPS) is 12.3. The lowest BCUT2D eigenvalue weighted by atomic mass is 10.9. The Hall–Kier alpha value is -0.310. The van der Waals surface area contributed by atoms with Crippen molar-refractivity contribution in [1.29, 1.82) is 0 Å². The van der Waals surface area contributed by atoms with Crippen LogP contribution in [-0.4, -0.2) is 20.8 Å². The second-order valence-electron chi connectivity index (χ2n) is 1.65. The molecular formula is C6H13O4P.